The van der Waals surface area contributed by atoms with Crippen molar-refractivity contribution in [1.29, 1.82) is 0 Å². The van der Waals surface area contributed by atoms with Crippen molar-refractivity contribution in [3.05, 3.63) is 45.3 Å². The highest BCUT2D eigenvalue weighted by molar-refractivity contribution is 5.12. The number of nitrogens with one attached hydrogen (secondary N) is 1. The summed E-state index contributed by atoms with van der Waals surface area (Å²) in [6, 6.07) is 1.10. The van der Waals surface area contributed by atoms with E-state index in [1.807, 2.05) is 4.98 Å². The van der Waals surface area contributed by atoms with Crippen LogP contribution < -0.4 is 11.2 Å². The fourth-order valence-electron chi connectivity index (χ4n) is 2.26. The van der Waals surface area contributed by atoms with Crippen molar-refractivity contribution in [2.24, 2.45) is 0 Å². The van der Waals surface area contributed by atoms with Gasteiger partial charge in [0.1, 0.15) is 17.8 Å². The minimum Gasteiger partial charge on any atom is -0.393 e. The van der Waals surface area contributed by atoms with E-state index in [1.54, 1.807) is 13.0 Å². The lowest BCUT2D eigenvalue weighted by atomic mass is 9.95. The molecule has 0 bridgehead atoms. The van der Waals surface area contributed by atoms with E-state index in [-0.39, 0.29) is 0 Å². The van der Waals surface area contributed by atoms with Gasteiger partial charge in [-0.25, -0.2) is 4.79 Å². The van der Waals surface area contributed by atoms with Crippen molar-refractivity contribution >= 4 is 0 Å². The Labute approximate surface area is 113 Å². The fourth-order valence-corrected chi connectivity index (χ4v) is 2.26. The zero-order valence-electron chi connectivity index (χ0n) is 10.8. The summed E-state index contributed by atoms with van der Waals surface area (Å²) in [4.78, 5) is 24.7. The summed E-state index contributed by atoms with van der Waals surface area (Å²) >= 11 is 0. The van der Waals surface area contributed by atoms with Gasteiger partial charge in [0.15, 0.2) is 6.23 Å². The second-order valence-corrected chi connectivity index (χ2v) is 4.57. The molecule has 0 aliphatic carbocycles. The maximum absolute atomic E-state index is 11.7. The van der Waals surface area contributed by atoms with Gasteiger partial charge in [0.2, 0.25) is 0 Å². The van der Waals surface area contributed by atoms with E-state index in [4.69, 9.17) is 4.74 Å². The molecule has 4 atom stereocenters. The number of hydrogen-bond acceptors (Lipinski definition) is 6. The topological polar surface area (TPSA) is 125 Å². The molecule has 0 amide bonds. The molecule has 110 valence electrons. The molecule has 0 radical (unpaired) electrons. The Bertz CT molecular complexity index is 621. The first-order chi connectivity index (χ1) is 9.45. The molecule has 0 spiro atoms. The average Bonchev–Trinajstić information content (AvgIpc) is 2.65. The molecule has 0 aromatic carbocycles. The van der Waals surface area contributed by atoms with Crippen LogP contribution in [0.5, 0.6) is 0 Å². The first-order valence-corrected chi connectivity index (χ1v) is 6.05. The molecule has 4 N–H and O–H groups in total. The highest BCUT2D eigenvalue weighted by Gasteiger charge is 2.53. The highest BCUT2D eigenvalue weighted by atomic mass is 16.6. The third-order valence-electron chi connectivity index (χ3n) is 3.28. The SMILES string of the molecule is CC=C[C@@]1(CO)O[C@H](n2ccc(=O)[nH]c2=O)C(O)C1O. The molecule has 8 heteroatoms. The molecule has 1 saturated heterocycles. The Hall–Kier alpha value is -1.74. The van der Waals surface area contributed by atoms with E-state index >= 15 is 0 Å². The van der Waals surface area contributed by atoms with Crippen LogP contribution in [-0.2, 0) is 4.74 Å². The normalized spacial score (nSPS) is 33.9. The van der Waals surface area contributed by atoms with Gasteiger partial charge in [-0.3, -0.25) is 14.3 Å². The van der Waals surface area contributed by atoms with Crippen molar-refractivity contribution in [2.75, 3.05) is 6.61 Å². The first-order valence-electron chi connectivity index (χ1n) is 6.05. The number of aromatic nitrogens is 2. The minimum atomic E-state index is -1.49. The fraction of sp³-hybridized carbons (Fsp3) is 0.500. The third kappa shape index (κ3) is 2.22. The summed E-state index contributed by atoms with van der Waals surface area (Å²) in [6.07, 6.45) is 0.0827. The molecule has 20 heavy (non-hydrogen) atoms. The van der Waals surface area contributed by atoms with Crippen molar-refractivity contribution in [1.82, 2.24) is 9.55 Å². The Balaban J connectivity index is 2.45. The Morgan fingerprint density at radius 1 is 1.50 bits per heavy atom. The van der Waals surface area contributed by atoms with E-state index in [0.29, 0.717) is 0 Å². The summed E-state index contributed by atoms with van der Waals surface area (Å²) in [5.74, 6) is 0. The van der Waals surface area contributed by atoms with Gasteiger partial charge in [-0.1, -0.05) is 12.2 Å². The van der Waals surface area contributed by atoms with Gasteiger partial charge in [0.05, 0.1) is 6.61 Å². The third-order valence-corrected chi connectivity index (χ3v) is 3.28. The van der Waals surface area contributed by atoms with E-state index in [0.717, 1.165) is 16.8 Å². The van der Waals surface area contributed by atoms with E-state index < -0.39 is 41.9 Å². The van der Waals surface area contributed by atoms with Crippen LogP contribution in [0.1, 0.15) is 13.2 Å². The molecule has 2 heterocycles. The monoisotopic (exact) mass is 284 g/mol. The van der Waals surface area contributed by atoms with E-state index in [2.05, 4.69) is 0 Å². The maximum atomic E-state index is 11.7. The number of aliphatic hydroxyl groups excluding tert-OH is 3. The summed E-state index contributed by atoms with van der Waals surface area (Å²) < 4.78 is 6.43. The van der Waals surface area contributed by atoms with Crippen LogP contribution in [0.2, 0.25) is 0 Å². The lowest BCUT2D eigenvalue weighted by Gasteiger charge is -2.26. The molecule has 1 aliphatic rings. The average molecular weight is 284 g/mol. The van der Waals surface area contributed by atoms with Gasteiger partial charge in [-0.05, 0) is 6.92 Å². The zero-order chi connectivity index (χ0) is 14.9. The Kier molecular flexibility index (Phi) is 3.91. The van der Waals surface area contributed by atoms with Gasteiger partial charge in [-0.15, -0.1) is 0 Å². The van der Waals surface area contributed by atoms with Crippen molar-refractivity contribution in [3.8, 4) is 0 Å². The molecule has 1 aromatic rings. The van der Waals surface area contributed by atoms with Crippen molar-refractivity contribution in [2.45, 2.75) is 31.0 Å². The van der Waals surface area contributed by atoms with Gasteiger partial charge in [0, 0.05) is 12.3 Å². The number of aliphatic hydroxyl groups is 3. The number of rotatable bonds is 3. The largest absolute Gasteiger partial charge is 0.393 e. The summed E-state index contributed by atoms with van der Waals surface area (Å²) in [7, 11) is 0. The van der Waals surface area contributed by atoms with Gasteiger partial charge >= 0.3 is 5.69 Å². The summed E-state index contributed by atoms with van der Waals surface area (Å²) in [5, 5.41) is 29.5. The summed E-state index contributed by atoms with van der Waals surface area (Å²) in [6.45, 7) is 1.10. The van der Waals surface area contributed by atoms with Crippen LogP contribution in [-0.4, -0.2) is 49.3 Å². The second kappa shape index (κ2) is 5.33. The van der Waals surface area contributed by atoms with Crippen LogP contribution in [0.15, 0.2) is 34.0 Å². The van der Waals surface area contributed by atoms with Crippen LogP contribution in [0.4, 0.5) is 0 Å². The number of nitrogens with zero attached hydrogens (tertiary/aromatic N) is 1. The number of allylic oxidation sites excluding steroid dienone is 1. The molecule has 0 saturated carbocycles. The number of hydrogen-bond donors (Lipinski definition) is 4. The standard InChI is InChI=1S/C12H16N2O6/c1-2-4-12(6-15)9(18)8(17)10(20-12)14-5-3-7(16)13-11(14)19/h2-5,8-10,15,17-18H,6H2,1H3,(H,13,16,19)/t8?,9?,10-,12-/m0/s1. The van der Waals surface area contributed by atoms with Crippen molar-refractivity contribution < 1.29 is 20.1 Å². The first kappa shape index (κ1) is 14.7. The molecule has 2 rings (SSSR count). The second-order valence-electron chi connectivity index (χ2n) is 4.57. The lowest BCUT2D eigenvalue weighted by Crippen LogP contribution is -2.44. The number of aromatic amines is 1. The quantitative estimate of drug-likeness (QED) is 0.480. The molecule has 2 unspecified atom stereocenters. The Morgan fingerprint density at radius 3 is 2.75 bits per heavy atom. The Morgan fingerprint density at radius 2 is 2.20 bits per heavy atom. The molecular formula is C12H16N2O6. The predicted molar refractivity (Wildman–Crippen MR) is 68.1 cm³/mol. The lowest BCUT2D eigenvalue weighted by molar-refractivity contribution is -0.0995. The molecular weight excluding hydrogens is 268 g/mol. The molecule has 1 fully saturated rings. The zero-order valence-corrected chi connectivity index (χ0v) is 10.8. The van der Waals surface area contributed by atoms with Gasteiger partial charge in [-0.2, -0.15) is 0 Å². The van der Waals surface area contributed by atoms with E-state index in [9.17, 15) is 24.9 Å². The van der Waals surface area contributed by atoms with Crippen LogP contribution in [0, 0.1) is 0 Å². The maximum Gasteiger partial charge on any atom is 0.330 e. The summed E-state index contributed by atoms with van der Waals surface area (Å²) in [5.41, 5.74) is -2.85. The van der Waals surface area contributed by atoms with Crippen LogP contribution in [0.3, 0.4) is 0 Å². The van der Waals surface area contributed by atoms with Gasteiger partial charge < -0.3 is 20.1 Å². The molecule has 1 aromatic heterocycles. The van der Waals surface area contributed by atoms with Crippen LogP contribution >= 0.6 is 0 Å². The smallest absolute Gasteiger partial charge is 0.330 e. The highest BCUT2D eigenvalue weighted by Crippen LogP contribution is 2.37. The molecule has 8 nitrogen and oxygen atoms in total. The predicted octanol–water partition coefficient (Wildman–Crippen LogP) is -1.91. The van der Waals surface area contributed by atoms with Gasteiger partial charge in [0.25, 0.3) is 5.56 Å². The number of ether oxygens (including phenoxy) is 1. The van der Waals surface area contributed by atoms with Crippen LogP contribution in [0.25, 0.3) is 0 Å². The van der Waals surface area contributed by atoms with Crippen molar-refractivity contribution in [3.63, 3.8) is 0 Å². The minimum absolute atomic E-state index is 0.565. The molecule has 1 aliphatic heterocycles. The number of H-pyrrole nitrogens is 1. The van der Waals surface area contributed by atoms with E-state index in [1.165, 1.54) is 6.08 Å².